The van der Waals surface area contributed by atoms with Crippen LogP contribution in [-0.4, -0.2) is 13.1 Å². The fourth-order valence-corrected chi connectivity index (χ4v) is 0.729. The number of carbonyl (C=O) groups is 1. The Bertz CT molecular complexity index is 246. The summed E-state index contributed by atoms with van der Waals surface area (Å²) in [5.41, 5.74) is 5.82. The SMILES string of the molecule is CN(C(N)=O)c1cc[c]cc1. The first-order valence-corrected chi connectivity index (χ1v) is 3.21. The van der Waals surface area contributed by atoms with Gasteiger partial charge in [0.2, 0.25) is 0 Å². The maximum Gasteiger partial charge on any atom is 0.318 e. The van der Waals surface area contributed by atoms with Crippen molar-refractivity contribution in [2.75, 3.05) is 11.9 Å². The summed E-state index contributed by atoms with van der Waals surface area (Å²) in [4.78, 5) is 12.0. The molecule has 1 aromatic rings. The van der Waals surface area contributed by atoms with Crippen molar-refractivity contribution in [3.8, 4) is 0 Å². The normalized spacial score (nSPS) is 9.18. The molecular weight excluding hydrogens is 140 g/mol. The summed E-state index contributed by atoms with van der Waals surface area (Å²) < 4.78 is 0. The molecule has 0 saturated heterocycles. The average molecular weight is 149 g/mol. The summed E-state index contributed by atoms with van der Waals surface area (Å²) in [5.74, 6) is 0. The first-order chi connectivity index (χ1) is 5.22. The number of benzene rings is 1. The molecule has 0 aromatic heterocycles. The number of primary amides is 1. The summed E-state index contributed by atoms with van der Waals surface area (Å²) in [5, 5.41) is 0. The Labute approximate surface area is 65.4 Å². The first kappa shape index (κ1) is 7.60. The number of carbonyl (C=O) groups excluding carboxylic acids is 1. The summed E-state index contributed by atoms with van der Waals surface area (Å²) in [6.45, 7) is 0. The second kappa shape index (κ2) is 3.05. The maximum atomic E-state index is 10.6. The van der Waals surface area contributed by atoms with Gasteiger partial charge in [0.1, 0.15) is 0 Å². The van der Waals surface area contributed by atoms with E-state index in [0.29, 0.717) is 0 Å². The van der Waals surface area contributed by atoms with Crippen LogP contribution in [0.3, 0.4) is 0 Å². The van der Waals surface area contributed by atoms with Crippen LogP contribution in [0.4, 0.5) is 10.5 Å². The van der Waals surface area contributed by atoms with Crippen molar-refractivity contribution < 1.29 is 4.79 Å². The highest BCUT2D eigenvalue weighted by molar-refractivity contribution is 5.89. The van der Waals surface area contributed by atoms with E-state index in [1.807, 2.05) is 0 Å². The summed E-state index contributed by atoms with van der Waals surface area (Å²) in [6.07, 6.45) is 0. The zero-order valence-electron chi connectivity index (χ0n) is 6.24. The lowest BCUT2D eigenvalue weighted by molar-refractivity contribution is 0.255. The lowest BCUT2D eigenvalue weighted by Gasteiger charge is -2.12. The van der Waals surface area contributed by atoms with E-state index in [2.05, 4.69) is 6.07 Å². The third-order valence-corrected chi connectivity index (χ3v) is 1.42. The molecule has 1 rings (SSSR count). The van der Waals surface area contributed by atoms with Gasteiger partial charge in [-0.05, 0) is 18.2 Å². The predicted octanol–water partition coefficient (Wildman–Crippen LogP) is 1.00. The summed E-state index contributed by atoms with van der Waals surface area (Å²) in [7, 11) is 1.62. The third-order valence-electron chi connectivity index (χ3n) is 1.42. The van der Waals surface area contributed by atoms with Crippen molar-refractivity contribution >= 4 is 11.7 Å². The molecule has 2 amide bonds. The molecule has 3 heteroatoms. The Balaban J connectivity index is 2.85. The molecule has 1 aromatic carbocycles. The number of anilines is 1. The Hall–Kier alpha value is -1.51. The van der Waals surface area contributed by atoms with Gasteiger partial charge in [-0.2, -0.15) is 0 Å². The number of rotatable bonds is 1. The highest BCUT2D eigenvalue weighted by atomic mass is 16.2. The zero-order chi connectivity index (χ0) is 8.27. The van der Waals surface area contributed by atoms with Crippen LogP contribution in [0.2, 0.25) is 0 Å². The van der Waals surface area contributed by atoms with E-state index in [9.17, 15) is 4.79 Å². The molecule has 0 spiro atoms. The van der Waals surface area contributed by atoms with E-state index in [1.54, 1.807) is 31.3 Å². The number of hydrogen-bond donors (Lipinski definition) is 1. The van der Waals surface area contributed by atoms with Gasteiger partial charge in [0.25, 0.3) is 0 Å². The second-order valence-electron chi connectivity index (χ2n) is 2.16. The first-order valence-electron chi connectivity index (χ1n) is 3.21. The molecule has 0 aliphatic carbocycles. The third kappa shape index (κ3) is 1.70. The molecule has 0 fully saturated rings. The molecule has 0 bridgehead atoms. The number of nitrogens with two attached hydrogens (primary N) is 1. The van der Waals surface area contributed by atoms with Crippen LogP contribution in [0, 0.1) is 6.07 Å². The maximum absolute atomic E-state index is 10.6. The van der Waals surface area contributed by atoms with Crippen molar-refractivity contribution in [2.45, 2.75) is 0 Å². The Morgan fingerprint density at radius 1 is 1.55 bits per heavy atom. The zero-order valence-corrected chi connectivity index (χ0v) is 6.24. The Kier molecular flexibility index (Phi) is 2.11. The van der Waals surface area contributed by atoms with Crippen LogP contribution in [0.25, 0.3) is 0 Å². The molecular formula is C8H9N2O. The summed E-state index contributed by atoms with van der Waals surface area (Å²) >= 11 is 0. The molecule has 0 aliphatic heterocycles. The van der Waals surface area contributed by atoms with Gasteiger partial charge in [0, 0.05) is 12.7 Å². The van der Waals surface area contributed by atoms with Gasteiger partial charge in [-0.1, -0.05) is 12.1 Å². The monoisotopic (exact) mass is 149 g/mol. The van der Waals surface area contributed by atoms with Crippen molar-refractivity contribution in [3.63, 3.8) is 0 Å². The highest BCUT2D eigenvalue weighted by Gasteiger charge is 2.03. The molecule has 0 aliphatic rings. The molecule has 57 valence electrons. The molecule has 0 unspecified atom stereocenters. The van der Waals surface area contributed by atoms with Crippen LogP contribution in [0.15, 0.2) is 24.3 Å². The van der Waals surface area contributed by atoms with Gasteiger partial charge in [0.05, 0.1) is 0 Å². The molecule has 0 heterocycles. The lowest BCUT2D eigenvalue weighted by Crippen LogP contribution is -2.31. The molecule has 11 heavy (non-hydrogen) atoms. The van der Waals surface area contributed by atoms with Crippen molar-refractivity contribution in [1.82, 2.24) is 0 Å². The van der Waals surface area contributed by atoms with E-state index in [-0.39, 0.29) is 0 Å². The van der Waals surface area contributed by atoms with Gasteiger partial charge in [-0.3, -0.25) is 4.90 Å². The van der Waals surface area contributed by atoms with Gasteiger partial charge < -0.3 is 5.73 Å². The van der Waals surface area contributed by atoms with E-state index < -0.39 is 6.03 Å². The van der Waals surface area contributed by atoms with Gasteiger partial charge in [0.15, 0.2) is 0 Å². The fourth-order valence-electron chi connectivity index (χ4n) is 0.729. The minimum atomic E-state index is -0.462. The number of hydrogen-bond acceptors (Lipinski definition) is 1. The smallest absolute Gasteiger partial charge is 0.318 e. The number of amides is 2. The van der Waals surface area contributed by atoms with E-state index in [1.165, 1.54) is 4.90 Å². The number of urea groups is 1. The minimum Gasteiger partial charge on any atom is -0.351 e. The Morgan fingerprint density at radius 2 is 2.09 bits per heavy atom. The van der Waals surface area contributed by atoms with Crippen LogP contribution in [0.1, 0.15) is 0 Å². The largest absolute Gasteiger partial charge is 0.351 e. The van der Waals surface area contributed by atoms with Crippen LogP contribution in [0.5, 0.6) is 0 Å². The van der Waals surface area contributed by atoms with Crippen molar-refractivity contribution in [1.29, 1.82) is 0 Å². The number of nitrogens with zero attached hydrogens (tertiary/aromatic N) is 1. The quantitative estimate of drug-likeness (QED) is 0.636. The highest BCUT2D eigenvalue weighted by Crippen LogP contribution is 2.09. The van der Waals surface area contributed by atoms with Crippen LogP contribution >= 0.6 is 0 Å². The van der Waals surface area contributed by atoms with Crippen molar-refractivity contribution in [2.24, 2.45) is 5.73 Å². The average Bonchev–Trinajstić information content (AvgIpc) is 2.05. The molecule has 1 radical (unpaired) electrons. The van der Waals surface area contributed by atoms with Crippen LogP contribution in [-0.2, 0) is 0 Å². The van der Waals surface area contributed by atoms with Crippen molar-refractivity contribution in [3.05, 3.63) is 30.3 Å². The minimum absolute atomic E-state index is 0.462. The van der Waals surface area contributed by atoms with Crippen LogP contribution < -0.4 is 10.6 Å². The van der Waals surface area contributed by atoms with Gasteiger partial charge in [-0.25, -0.2) is 4.79 Å². The fraction of sp³-hybridized carbons (Fsp3) is 0.125. The molecule has 3 nitrogen and oxygen atoms in total. The lowest BCUT2D eigenvalue weighted by atomic mass is 10.3. The predicted molar refractivity (Wildman–Crippen MR) is 43.3 cm³/mol. The van der Waals surface area contributed by atoms with E-state index in [4.69, 9.17) is 5.73 Å². The van der Waals surface area contributed by atoms with Gasteiger partial charge in [-0.15, -0.1) is 0 Å². The van der Waals surface area contributed by atoms with E-state index in [0.717, 1.165) is 5.69 Å². The molecule has 0 saturated carbocycles. The topological polar surface area (TPSA) is 46.3 Å². The summed E-state index contributed by atoms with van der Waals surface area (Å²) in [6, 6.07) is 9.39. The Morgan fingerprint density at radius 3 is 2.55 bits per heavy atom. The standard InChI is InChI=1S/C8H9N2O/c1-10(8(9)11)7-5-3-2-4-6-7/h3-6H,1H3,(H2,9,11). The van der Waals surface area contributed by atoms with Gasteiger partial charge >= 0.3 is 6.03 Å². The van der Waals surface area contributed by atoms with E-state index >= 15 is 0 Å². The molecule has 0 atom stereocenters. The second-order valence-corrected chi connectivity index (χ2v) is 2.16. The molecule has 2 N–H and O–H groups in total.